The van der Waals surface area contributed by atoms with Crippen molar-refractivity contribution < 1.29 is 25.6 Å². The Bertz CT molecular complexity index is 1850. The summed E-state index contributed by atoms with van der Waals surface area (Å²) in [6.07, 6.45) is 6.72. The highest BCUT2D eigenvalue weighted by Crippen LogP contribution is 2.38. The van der Waals surface area contributed by atoms with Crippen molar-refractivity contribution in [3.8, 4) is 0 Å². The van der Waals surface area contributed by atoms with Gasteiger partial charge in [0.25, 0.3) is 0 Å². The van der Waals surface area contributed by atoms with E-state index in [1.807, 2.05) is 6.07 Å². The van der Waals surface area contributed by atoms with E-state index in [1.165, 1.54) is 22.7 Å². The smallest absolute Gasteiger partial charge is 0.243 e. The van der Waals surface area contributed by atoms with E-state index in [-0.39, 0.29) is 27.7 Å². The molecule has 0 bridgehead atoms. The molecule has 3 heterocycles. The molecule has 2 aliphatic rings. The Kier molecular flexibility index (Phi) is 9.11. The zero-order chi connectivity index (χ0) is 31.8. The van der Waals surface area contributed by atoms with Crippen LogP contribution in [0, 0.1) is 17.6 Å². The van der Waals surface area contributed by atoms with Crippen LogP contribution in [0.5, 0.6) is 0 Å². The standard InChI is InChI=1S/C33H38F2N4O4S2/c1-44(40,41)30-7-8-33-32(22-30)36-23-39(33)28-11-14-37(15-12-28)16-13-31(25-19-26(34)21-27(35)20-25)24-9-17-38(18-10-24)45(42,43)29-5-3-2-4-6-29/h2-8,19-24,28,31H,9-18H2,1H3/t31-/m0/s1. The number of benzene rings is 3. The molecule has 0 aliphatic carbocycles. The quantitative estimate of drug-likeness (QED) is 0.232. The number of rotatable bonds is 9. The molecule has 0 saturated carbocycles. The predicted molar refractivity (Wildman–Crippen MR) is 169 cm³/mol. The molecule has 2 aliphatic heterocycles. The Morgan fingerprint density at radius 2 is 1.49 bits per heavy atom. The molecule has 0 unspecified atom stereocenters. The average molecular weight is 657 g/mol. The summed E-state index contributed by atoms with van der Waals surface area (Å²) in [4.78, 5) is 7.38. The minimum atomic E-state index is -3.59. The lowest BCUT2D eigenvalue weighted by Crippen LogP contribution is -2.40. The number of nitrogens with zero attached hydrogens (tertiary/aromatic N) is 4. The van der Waals surface area contributed by atoms with Gasteiger partial charge in [-0.05, 0) is 98.5 Å². The van der Waals surface area contributed by atoms with E-state index in [0.717, 1.165) is 44.1 Å². The second-order valence-electron chi connectivity index (χ2n) is 12.3. The first kappa shape index (κ1) is 31.8. The van der Waals surface area contributed by atoms with Gasteiger partial charge in [-0.2, -0.15) is 4.31 Å². The van der Waals surface area contributed by atoms with Crippen molar-refractivity contribution in [2.45, 2.75) is 53.9 Å². The number of likely N-dealkylation sites (tertiary alicyclic amines) is 1. The topological polar surface area (TPSA) is 92.6 Å². The van der Waals surface area contributed by atoms with Gasteiger partial charge in [0.05, 0.1) is 27.2 Å². The van der Waals surface area contributed by atoms with Gasteiger partial charge in [0.15, 0.2) is 9.84 Å². The molecule has 0 spiro atoms. The summed E-state index contributed by atoms with van der Waals surface area (Å²) >= 11 is 0. The third-order valence-electron chi connectivity index (χ3n) is 9.44. The van der Waals surface area contributed by atoms with E-state index in [9.17, 15) is 25.6 Å². The molecule has 0 N–H and O–H groups in total. The van der Waals surface area contributed by atoms with Crippen LogP contribution in [0.1, 0.15) is 49.6 Å². The normalized spacial score (nSPS) is 18.8. The Hall–Kier alpha value is -3.19. The van der Waals surface area contributed by atoms with E-state index in [2.05, 4.69) is 14.5 Å². The molecule has 0 amide bonds. The fourth-order valence-corrected chi connectivity index (χ4v) is 9.13. The first-order valence-corrected chi connectivity index (χ1v) is 18.7. The van der Waals surface area contributed by atoms with Gasteiger partial charge in [0, 0.05) is 44.5 Å². The number of sulfonamides is 1. The molecule has 0 radical (unpaired) electrons. The second-order valence-corrected chi connectivity index (χ2v) is 16.3. The summed E-state index contributed by atoms with van der Waals surface area (Å²) in [5.41, 5.74) is 2.20. The molecule has 8 nitrogen and oxygen atoms in total. The summed E-state index contributed by atoms with van der Waals surface area (Å²) in [6, 6.07) is 17.5. The SMILES string of the molecule is CS(=O)(=O)c1ccc2c(c1)ncn2C1CCN(CC[C@H](c2cc(F)cc(F)c2)C2CCN(S(=O)(=O)c3ccccc3)CC2)CC1. The highest BCUT2D eigenvalue weighted by Gasteiger charge is 2.34. The molecule has 6 rings (SSSR count). The van der Waals surface area contributed by atoms with E-state index in [4.69, 9.17) is 0 Å². The highest BCUT2D eigenvalue weighted by molar-refractivity contribution is 7.90. The van der Waals surface area contributed by atoms with Crippen LogP contribution in [-0.2, 0) is 19.9 Å². The zero-order valence-corrected chi connectivity index (χ0v) is 26.9. The molecule has 1 aromatic heterocycles. The number of aromatic nitrogens is 2. The van der Waals surface area contributed by atoms with Crippen LogP contribution in [0.4, 0.5) is 8.78 Å². The van der Waals surface area contributed by atoms with Gasteiger partial charge < -0.3 is 9.47 Å². The van der Waals surface area contributed by atoms with E-state index in [0.29, 0.717) is 43.4 Å². The summed E-state index contributed by atoms with van der Waals surface area (Å²) in [6.45, 7) is 3.20. The van der Waals surface area contributed by atoms with Gasteiger partial charge in [-0.25, -0.2) is 30.6 Å². The Balaban J connectivity index is 1.11. The molecular weight excluding hydrogens is 619 g/mol. The van der Waals surface area contributed by atoms with Crippen LogP contribution in [0.2, 0.25) is 0 Å². The van der Waals surface area contributed by atoms with Gasteiger partial charge in [0.1, 0.15) is 11.6 Å². The minimum absolute atomic E-state index is 0.0973. The van der Waals surface area contributed by atoms with Crippen LogP contribution < -0.4 is 0 Å². The first-order chi connectivity index (χ1) is 21.5. The highest BCUT2D eigenvalue weighted by atomic mass is 32.2. The summed E-state index contributed by atoms with van der Waals surface area (Å²) in [5.74, 6) is -1.21. The van der Waals surface area contributed by atoms with Crippen molar-refractivity contribution >= 4 is 30.9 Å². The molecule has 45 heavy (non-hydrogen) atoms. The first-order valence-electron chi connectivity index (χ1n) is 15.4. The van der Waals surface area contributed by atoms with Crippen LogP contribution >= 0.6 is 0 Å². The van der Waals surface area contributed by atoms with Gasteiger partial charge in [0.2, 0.25) is 10.0 Å². The van der Waals surface area contributed by atoms with Crippen LogP contribution in [-0.4, -0.2) is 74.6 Å². The molecular formula is C33H38F2N4O4S2. The molecule has 3 aromatic carbocycles. The zero-order valence-electron chi connectivity index (χ0n) is 25.2. The van der Waals surface area contributed by atoms with Crippen LogP contribution in [0.3, 0.4) is 0 Å². The van der Waals surface area contributed by atoms with Crippen LogP contribution in [0.15, 0.2) is 82.8 Å². The Morgan fingerprint density at radius 1 is 0.822 bits per heavy atom. The van der Waals surface area contributed by atoms with Gasteiger partial charge >= 0.3 is 0 Å². The second kappa shape index (κ2) is 12.9. The third kappa shape index (κ3) is 6.98. The Morgan fingerprint density at radius 3 is 2.13 bits per heavy atom. The molecule has 2 fully saturated rings. The maximum atomic E-state index is 14.4. The van der Waals surface area contributed by atoms with E-state index < -0.39 is 31.5 Å². The summed E-state index contributed by atoms with van der Waals surface area (Å²) in [7, 11) is -6.90. The van der Waals surface area contributed by atoms with Gasteiger partial charge in [-0.1, -0.05) is 18.2 Å². The third-order valence-corrected chi connectivity index (χ3v) is 12.5. The van der Waals surface area contributed by atoms with Crippen molar-refractivity contribution in [2.75, 3.05) is 39.0 Å². The Labute approximate surface area is 263 Å². The lowest BCUT2D eigenvalue weighted by molar-refractivity contribution is 0.168. The average Bonchev–Trinajstić information content (AvgIpc) is 3.45. The lowest BCUT2D eigenvalue weighted by atomic mass is 9.78. The maximum absolute atomic E-state index is 14.4. The number of imidazole rings is 1. The van der Waals surface area contributed by atoms with Crippen molar-refractivity contribution in [1.29, 1.82) is 0 Å². The van der Waals surface area contributed by atoms with Crippen molar-refractivity contribution in [2.24, 2.45) is 5.92 Å². The van der Waals surface area contributed by atoms with E-state index in [1.54, 1.807) is 48.8 Å². The number of hydrogen-bond acceptors (Lipinski definition) is 6. The molecule has 1 atom stereocenters. The number of sulfone groups is 1. The molecule has 12 heteroatoms. The molecule has 2 saturated heterocycles. The maximum Gasteiger partial charge on any atom is 0.243 e. The van der Waals surface area contributed by atoms with Crippen LogP contribution in [0.25, 0.3) is 11.0 Å². The minimum Gasteiger partial charge on any atom is -0.327 e. The number of halogens is 2. The number of piperidine rings is 2. The monoisotopic (exact) mass is 656 g/mol. The fraction of sp³-hybridized carbons (Fsp3) is 0.424. The number of fused-ring (bicyclic) bond motifs is 1. The lowest BCUT2D eigenvalue weighted by Gasteiger charge is -2.38. The van der Waals surface area contributed by atoms with Gasteiger partial charge in [-0.15, -0.1) is 0 Å². The summed E-state index contributed by atoms with van der Waals surface area (Å²) < 4.78 is 82.6. The van der Waals surface area contributed by atoms with Crippen molar-refractivity contribution in [1.82, 2.24) is 18.8 Å². The predicted octanol–water partition coefficient (Wildman–Crippen LogP) is 5.63. The number of hydrogen-bond donors (Lipinski definition) is 0. The van der Waals surface area contributed by atoms with Crippen molar-refractivity contribution in [3.05, 3.63) is 90.3 Å². The van der Waals surface area contributed by atoms with E-state index >= 15 is 0 Å². The van der Waals surface area contributed by atoms with Gasteiger partial charge in [-0.3, -0.25) is 0 Å². The van der Waals surface area contributed by atoms with Crippen molar-refractivity contribution in [3.63, 3.8) is 0 Å². The largest absolute Gasteiger partial charge is 0.327 e. The summed E-state index contributed by atoms with van der Waals surface area (Å²) in [5, 5.41) is 0. The fourth-order valence-electron chi connectivity index (χ4n) is 7.00. The molecule has 4 aromatic rings. The molecule has 240 valence electrons.